The molecule has 0 radical (unpaired) electrons. The van der Waals surface area contributed by atoms with Gasteiger partial charge in [0, 0.05) is 29.6 Å². The third-order valence-electron chi connectivity index (χ3n) is 5.44. The van der Waals surface area contributed by atoms with E-state index in [1.807, 2.05) is 6.07 Å². The molecule has 0 unspecified atom stereocenters. The van der Waals surface area contributed by atoms with Crippen LogP contribution in [-0.4, -0.2) is 17.4 Å². The molecule has 0 saturated heterocycles. The highest BCUT2D eigenvalue weighted by molar-refractivity contribution is 5.83. The van der Waals surface area contributed by atoms with Crippen LogP contribution in [0.3, 0.4) is 0 Å². The molecule has 1 aromatic carbocycles. The zero-order valence-electron chi connectivity index (χ0n) is 12.3. The van der Waals surface area contributed by atoms with E-state index >= 15 is 0 Å². The Morgan fingerprint density at radius 3 is 2.95 bits per heavy atom. The van der Waals surface area contributed by atoms with Crippen LogP contribution >= 0.6 is 0 Å². The molecule has 2 fully saturated rings. The first-order valence-corrected chi connectivity index (χ1v) is 8.14. The number of hydrogen-bond acceptors (Lipinski definition) is 1. The first kappa shape index (κ1) is 12.9. The van der Waals surface area contributed by atoms with Crippen LogP contribution in [0.5, 0.6) is 0 Å². The maximum atomic E-state index is 12.3. The summed E-state index contributed by atoms with van der Waals surface area (Å²) < 4.78 is 0. The molecule has 21 heavy (non-hydrogen) atoms. The molecule has 1 amide bonds. The van der Waals surface area contributed by atoms with Gasteiger partial charge in [0.2, 0.25) is 5.91 Å². The van der Waals surface area contributed by atoms with Crippen LogP contribution in [0, 0.1) is 17.8 Å². The van der Waals surface area contributed by atoms with Crippen molar-refractivity contribution in [3.05, 3.63) is 36.0 Å². The van der Waals surface area contributed by atoms with Crippen molar-refractivity contribution in [2.75, 3.05) is 6.54 Å². The molecule has 2 N–H and O–H groups in total. The number of carbonyl (C=O) groups excluding carboxylic acids is 1. The van der Waals surface area contributed by atoms with Crippen molar-refractivity contribution in [3.8, 4) is 0 Å². The number of para-hydroxylation sites is 1. The number of fused-ring (bicyclic) bond motifs is 3. The van der Waals surface area contributed by atoms with Gasteiger partial charge in [0.25, 0.3) is 0 Å². The molecule has 0 aliphatic heterocycles. The normalized spacial score (nSPS) is 27.3. The molecule has 110 valence electrons. The summed E-state index contributed by atoms with van der Waals surface area (Å²) in [6.07, 6.45) is 8.00. The molecule has 1 heterocycles. The zero-order chi connectivity index (χ0) is 14.2. The van der Waals surface area contributed by atoms with E-state index < -0.39 is 0 Å². The van der Waals surface area contributed by atoms with Crippen LogP contribution < -0.4 is 5.32 Å². The molecule has 2 bridgehead atoms. The van der Waals surface area contributed by atoms with Gasteiger partial charge in [-0.2, -0.15) is 0 Å². The highest BCUT2D eigenvalue weighted by Gasteiger charge is 2.42. The Morgan fingerprint density at radius 2 is 2.14 bits per heavy atom. The van der Waals surface area contributed by atoms with Crippen molar-refractivity contribution < 1.29 is 4.79 Å². The van der Waals surface area contributed by atoms with E-state index in [4.69, 9.17) is 0 Å². The minimum absolute atomic E-state index is 0.294. The van der Waals surface area contributed by atoms with Gasteiger partial charge in [-0.3, -0.25) is 4.79 Å². The van der Waals surface area contributed by atoms with Gasteiger partial charge in [-0.1, -0.05) is 24.6 Å². The quantitative estimate of drug-likeness (QED) is 0.888. The molecule has 4 rings (SSSR count). The largest absolute Gasteiger partial charge is 0.361 e. The van der Waals surface area contributed by atoms with Gasteiger partial charge in [-0.05, 0) is 49.1 Å². The van der Waals surface area contributed by atoms with E-state index in [0.717, 1.165) is 25.3 Å². The summed E-state index contributed by atoms with van der Waals surface area (Å²) in [5.74, 6) is 2.09. The fourth-order valence-corrected chi connectivity index (χ4v) is 4.36. The van der Waals surface area contributed by atoms with Gasteiger partial charge in [-0.15, -0.1) is 0 Å². The molecular weight excluding hydrogens is 260 g/mol. The molecule has 3 heteroatoms. The van der Waals surface area contributed by atoms with Gasteiger partial charge in [0.05, 0.1) is 0 Å². The SMILES string of the molecule is O=C(NCCc1c[nH]c2ccccc12)[C@@H]1C[C@H]2CC[C@H]1C2. The number of amides is 1. The Balaban J connectivity index is 1.34. The van der Waals surface area contributed by atoms with E-state index in [2.05, 4.69) is 34.7 Å². The van der Waals surface area contributed by atoms with Gasteiger partial charge in [0.1, 0.15) is 0 Å². The Bertz CT molecular complexity index is 660. The van der Waals surface area contributed by atoms with E-state index in [1.165, 1.54) is 35.7 Å². The molecular formula is C18H22N2O. The minimum atomic E-state index is 0.294. The zero-order valence-corrected chi connectivity index (χ0v) is 12.3. The number of aromatic amines is 1. The molecule has 0 spiro atoms. The van der Waals surface area contributed by atoms with E-state index in [9.17, 15) is 4.79 Å². The summed E-state index contributed by atoms with van der Waals surface area (Å²) in [5, 5.41) is 4.43. The second-order valence-electron chi connectivity index (χ2n) is 6.68. The fraction of sp³-hybridized carbons (Fsp3) is 0.500. The minimum Gasteiger partial charge on any atom is -0.361 e. The maximum absolute atomic E-state index is 12.3. The number of rotatable bonds is 4. The van der Waals surface area contributed by atoms with Gasteiger partial charge < -0.3 is 10.3 Å². The molecule has 2 aromatic rings. The van der Waals surface area contributed by atoms with Crippen molar-refractivity contribution in [2.24, 2.45) is 17.8 Å². The van der Waals surface area contributed by atoms with Crippen LogP contribution in [0.1, 0.15) is 31.2 Å². The van der Waals surface area contributed by atoms with E-state index in [-0.39, 0.29) is 0 Å². The Hall–Kier alpha value is -1.77. The van der Waals surface area contributed by atoms with Gasteiger partial charge >= 0.3 is 0 Å². The third-order valence-corrected chi connectivity index (χ3v) is 5.44. The van der Waals surface area contributed by atoms with Crippen molar-refractivity contribution >= 4 is 16.8 Å². The lowest BCUT2D eigenvalue weighted by atomic mass is 9.88. The van der Waals surface area contributed by atoms with Crippen molar-refractivity contribution in [2.45, 2.75) is 32.1 Å². The number of aromatic nitrogens is 1. The second kappa shape index (κ2) is 5.21. The van der Waals surface area contributed by atoms with E-state index in [0.29, 0.717) is 17.7 Å². The fourth-order valence-electron chi connectivity index (χ4n) is 4.36. The summed E-state index contributed by atoms with van der Waals surface area (Å²) >= 11 is 0. The number of benzene rings is 1. The third kappa shape index (κ3) is 2.35. The van der Waals surface area contributed by atoms with Gasteiger partial charge in [0.15, 0.2) is 0 Å². The van der Waals surface area contributed by atoms with Crippen molar-refractivity contribution in [3.63, 3.8) is 0 Å². The summed E-state index contributed by atoms with van der Waals surface area (Å²) in [5.41, 5.74) is 2.46. The summed E-state index contributed by atoms with van der Waals surface area (Å²) in [6.45, 7) is 0.745. The summed E-state index contributed by atoms with van der Waals surface area (Å²) in [7, 11) is 0. The Kier molecular flexibility index (Phi) is 3.21. The second-order valence-corrected chi connectivity index (χ2v) is 6.68. The molecule has 3 nitrogen and oxygen atoms in total. The van der Waals surface area contributed by atoms with Crippen LogP contribution in [0.4, 0.5) is 0 Å². The number of nitrogens with one attached hydrogen (secondary N) is 2. The summed E-state index contributed by atoms with van der Waals surface area (Å²) in [6, 6.07) is 8.33. The highest BCUT2D eigenvalue weighted by Crippen LogP contribution is 2.48. The first-order valence-electron chi connectivity index (χ1n) is 8.14. The summed E-state index contributed by atoms with van der Waals surface area (Å²) in [4.78, 5) is 15.6. The molecule has 2 saturated carbocycles. The molecule has 2 aliphatic carbocycles. The molecule has 1 aromatic heterocycles. The number of carbonyl (C=O) groups is 1. The maximum Gasteiger partial charge on any atom is 0.223 e. The predicted octanol–water partition coefficient (Wildman–Crippen LogP) is 3.26. The average Bonchev–Trinajstić information content (AvgIpc) is 3.22. The average molecular weight is 282 g/mol. The Labute approximate surface area is 125 Å². The predicted molar refractivity (Wildman–Crippen MR) is 84.0 cm³/mol. The standard InChI is InChI=1S/C18H22N2O/c21-18(16-10-12-5-6-13(16)9-12)19-8-7-14-11-20-17-4-2-1-3-15(14)17/h1-4,11-13,16,20H,5-10H2,(H,19,21)/t12-,13-,16+/m0/s1. The monoisotopic (exact) mass is 282 g/mol. The van der Waals surface area contributed by atoms with Crippen molar-refractivity contribution in [1.29, 1.82) is 0 Å². The van der Waals surface area contributed by atoms with Crippen LogP contribution in [0.25, 0.3) is 10.9 Å². The van der Waals surface area contributed by atoms with Crippen molar-refractivity contribution in [1.82, 2.24) is 10.3 Å². The van der Waals surface area contributed by atoms with Crippen LogP contribution in [-0.2, 0) is 11.2 Å². The van der Waals surface area contributed by atoms with Gasteiger partial charge in [-0.25, -0.2) is 0 Å². The highest BCUT2D eigenvalue weighted by atomic mass is 16.1. The lowest BCUT2D eigenvalue weighted by molar-refractivity contribution is -0.126. The van der Waals surface area contributed by atoms with Crippen LogP contribution in [0.2, 0.25) is 0 Å². The molecule has 2 aliphatic rings. The number of hydrogen-bond donors (Lipinski definition) is 2. The lowest BCUT2D eigenvalue weighted by Gasteiger charge is -2.20. The lowest BCUT2D eigenvalue weighted by Crippen LogP contribution is -2.34. The Morgan fingerprint density at radius 1 is 1.24 bits per heavy atom. The topological polar surface area (TPSA) is 44.9 Å². The van der Waals surface area contributed by atoms with E-state index in [1.54, 1.807) is 0 Å². The number of H-pyrrole nitrogens is 1. The smallest absolute Gasteiger partial charge is 0.223 e. The first-order chi connectivity index (χ1) is 10.3. The van der Waals surface area contributed by atoms with Crippen LogP contribution in [0.15, 0.2) is 30.5 Å². The molecule has 3 atom stereocenters.